The Kier molecular flexibility index (Phi) is 30.5. The second-order valence-electron chi connectivity index (χ2n) is 16.4. The topological polar surface area (TPSA) is 131 Å². The molecule has 0 fully saturated rings. The molecule has 0 aliphatic heterocycles. The molecule has 0 unspecified atom stereocenters. The maximum atomic E-state index is 12.7. The first-order valence-corrected chi connectivity index (χ1v) is 35.3. The lowest BCUT2D eigenvalue weighted by Crippen LogP contribution is -2.44. The van der Waals surface area contributed by atoms with E-state index >= 15 is 0 Å². The average Bonchev–Trinajstić information content (AvgIpc) is 3.23. The molecule has 0 atom stereocenters. The van der Waals surface area contributed by atoms with E-state index in [9.17, 15) is 4.79 Å². The summed E-state index contributed by atoms with van der Waals surface area (Å²) >= 11 is 0. The van der Waals surface area contributed by atoms with Gasteiger partial charge in [-0.05, 0) is 25.7 Å². The second-order valence-corrected chi connectivity index (χ2v) is 39.0. The maximum absolute atomic E-state index is 12.7. The van der Waals surface area contributed by atoms with Gasteiger partial charge in [0.25, 0.3) is 0 Å². The van der Waals surface area contributed by atoms with Crippen molar-refractivity contribution in [3.05, 3.63) is 0 Å². The molecule has 0 rings (SSSR count). The van der Waals surface area contributed by atoms with E-state index < -0.39 is 51.4 Å². The Labute approximate surface area is 361 Å². The van der Waals surface area contributed by atoms with Crippen LogP contribution in [0.3, 0.4) is 0 Å². The molecule has 14 nitrogen and oxygen atoms in total. The number of carbonyl (C=O) groups is 1. The number of rotatable bonds is 39. The third-order valence-electron chi connectivity index (χ3n) is 12.9. The van der Waals surface area contributed by atoms with E-state index in [0.717, 1.165) is 88.6 Å². The van der Waals surface area contributed by atoms with Crippen LogP contribution in [0.4, 0.5) is 0 Å². The lowest BCUT2D eigenvalue weighted by Gasteiger charge is -2.33. The number of carbonyl (C=O) groups excluding carboxylic acids is 1. The van der Waals surface area contributed by atoms with Gasteiger partial charge in [0.05, 0.1) is 16.1 Å². The number of amides is 1. The molecule has 0 N–H and O–H groups in total. The molecule has 0 aromatic heterocycles. The quantitative estimate of drug-likeness (QED) is 0.0549. The molecule has 0 aromatic rings. The van der Waals surface area contributed by atoms with Crippen LogP contribution in [0, 0.1) is 5.92 Å². The van der Waals surface area contributed by atoms with Crippen LogP contribution in [0.25, 0.3) is 0 Å². The van der Waals surface area contributed by atoms with Gasteiger partial charge in [-0.1, -0.05) is 87.9 Å². The Balaban J connectivity index is 6.14. The van der Waals surface area contributed by atoms with E-state index in [0.29, 0.717) is 5.92 Å². The summed E-state index contributed by atoms with van der Waals surface area (Å²) in [5.74, 6) is 0.594. The van der Waals surface area contributed by atoms with Crippen LogP contribution in [0.2, 0.25) is 73.5 Å². The van der Waals surface area contributed by atoms with Crippen molar-refractivity contribution in [1.29, 1.82) is 0 Å². The summed E-state index contributed by atoms with van der Waals surface area (Å²) in [5, 5.41) is 0. The molecule has 0 spiro atoms. The van der Waals surface area contributed by atoms with Crippen molar-refractivity contribution in [1.82, 2.24) is 4.90 Å². The van der Waals surface area contributed by atoms with Gasteiger partial charge in [-0.3, -0.25) is 4.79 Å². The zero-order chi connectivity index (χ0) is 44.4. The molecule has 0 heterocycles. The van der Waals surface area contributed by atoms with Crippen LogP contribution in [0.15, 0.2) is 0 Å². The highest BCUT2D eigenvalue weighted by molar-refractivity contribution is 6.79. The minimum atomic E-state index is -2.66. The molecular weight excluding hydrogens is 847 g/mol. The van der Waals surface area contributed by atoms with Gasteiger partial charge in [0.2, 0.25) is 5.91 Å². The van der Waals surface area contributed by atoms with Gasteiger partial charge >= 0.3 is 35.2 Å². The molecule has 0 bridgehead atoms. The van der Waals surface area contributed by atoms with E-state index in [1.807, 2.05) is 4.90 Å². The van der Waals surface area contributed by atoms with Gasteiger partial charge < -0.3 is 58.0 Å². The van der Waals surface area contributed by atoms with Gasteiger partial charge in [0, 0.05) is 130 Å². The van der Waals surface area contributed by atoms with E-state index in [4.69, 9.17) is 53.1 Å². The molecule has 0 saturated carbocycles. The predicted octanol–water partition coefficient (Wildman–Crippen LogP) is 8.26. The first-order chi connectivity index (χ1) is 27.5. The highest BCUT2D eigenvalue weighted by Gasteiger charge is 2.42. The molecule has 0 radical (unpaired) electrons. The Bertz CT molecular complexity index is 903. The first-order valence-electron chi connectivity index (χ1n) is 21.4. The molecule has 0 saturated heterocycles. The minimum absolute atomic E-state index is 0.152. The normalized spacial score (nSPS) is 13.5. The zero-order valence-corrected chi connectivity index (χ0v) is 46.0. The summed E-state index contributed by atoms with van der Waals surface area (Å²) < 4.78 is 69.3. The molecule has 20 heteroatoms. The van der Waals surface area contributed by atoms with Crippen molar-refractivity contribution < 1.29 is 57.9 Å². The van der Waals surface area contributed by atoms with E-state index in [-0.39, 0.29) is 5.91 Å². The minimum Gasteiger partial charge on any atom is -0.377 e. The SMILES string of the molecule is CCN(CC(CCC[Si](C)(CCC[Si](OC)(OC)OC)CCC[Si](OC)(OC)OC)CCC[Si](C)(CCC[Si](OC)(OC)OC)CCC[Si](OC)(OC)OC)C(C)=O. The molecule has 348 valence electrons. The smallest absolute Gasteiger partial charge is 0.377 e. The monoisotopic (exact) mass is 935 g/mol. The van der Waals surface area contributed by atoms with Crippen molar-refractivity contribution in [3.63, 3.8) is 0 Å². The van der Waals surface area contributed by atoms with Crippen molar-refractivity contribution in [2.24, 2.45) is 5.92 Å². The van der Waals surface area contributed by atoms with Crippen LogP contribution in [-0.2, 0) is 57.9 Å². The van der Waals surface area contributed by atoms with E-state index in [1.165, 1.54) is 36.3 Å². The van der Waals surface area contributed by atoms with Gasteiger partial charge in [-0.2, -0.15) is 0 Å². The summed E-state index contributed by atoms with van der Waals surface area (Å²) in [6.45, 7) is 10.4. The molecular formula is C38H89NO13Si6. The fourth-order valence-electron chi connectivity index (χ4n) is 8.66. The van der Waals surface area contributed by atoms with Gasteiger partial charge in [-0.15, -0.1) is 0 Å². The van der Waals surface area contributed by atoms with Crippen LogP contribution in [0.1, 0.15) is 65.2 Å². The average molecular weight is 937 g/mol. The van der Waals surface area contributed by atoms with Crippen molar-refractivity contribution in [2.75, 3.05) is 98.4 Å². The summed E-state index contributed by atoms with van der Waals surface area (Å²) in [6, 6.07) is 10.3. The standard InChI is InChI=1S/C38H89NO13Si6/c1-17-39(37(2)40)36-38(24-18-26-53(15,28-20-32-55(41-3,42-4)43-5)29-21-33-56(44-6,45-7)46-8)25-19-27-54(16,30-22-34-57(47-9,48-10)49-11)31-23-35-58(50-12,51-13)52-14/h38H,17-36H2,1-16H3. The number of hydrogen-bond donors (Lipinski definition) is 0. The van der Waals surface area contributed by atoms with E-state index in [1.54, 1.807) is 92.2 Å². The maximum Gasteiger partial charge on any atom is 0.500 e. The zero-order valence-electron chi connectivity index (χ0n) is 40.0. The Morgan fingerprint density at radius 1 is 0.414 bits per heavy atom. The van der Waals surface area contributed by atoms with Gasteiger partial charge in [-0.25, -0.2) is 0 Å². The van der Waals surface area contributed by atoms with Crippen LogP contribution >= 0.6 is 0 Å². The van der Waals surface area contributed by atoms with Crippen molar-refractivity contribution in [3.8, 4) is 0 Å². The lowest BCUT2D eigenvalue weighted by atomic mass is 9.97. The predicted molar refractivity (Wildman–Crippen MR) is 247 cm³/mol. The fraction of sp³-hybridized carbons (Fsp3) is 0.974. The third-order valence-corrected chi connectivity index (χ3v) is 33.6. The number of hydrogen-bond acceptors (Lipinski definition) is 13. The van der Waals surface area contributed by atoms with Crippen LogP contribution < -0.4 is 0 Å². The molecule has 1 amide bonds. The summed E-state index contributed by atoms with van der Waals surface area (Å²) in [7, 11) is 6.25. The first kappa shape index (κ1) is 58.3. The van der Waals surface area contributed by atoms with Crippen molar-refractivity contribution >= 4 is 57.3 Å². The van der Waals surface area contributed by atoms with E-state index in [2.05, 4.69) is 20.0 Å². The third kappa shape index (κ3) is 20.2. The molecule has 58 heavy (non-hydrogen) atoms. The van der Waals surface area contributed by atoms with Gasteiger partial charge in [0.15, 0.2) is 0 Å². The van der Waals surface area contributed by atoms with Crippen LogP contribution in [-0.4, -0.2) is 161 Å². The summed E-state index contributed by atoms with van der Waals surface area (Å²) in [6.07, 6.45) is 8.56. The molecule has 0 aliphatic rings. The highest BCUT2D eigenvalue weighted by atomic mass is 28.4. The highest BCUT2D eigenvalue weighted by Crippen LogP contribution is 2.35. The second kappa shape index (κ2) is 30.4. The van der Waals surface area contributed by atoms with Crippen molar-refractivity contribution in [2.45, 2.75) is 139 Å². The largest absolute Gasteiger partial charge is 0.500 e. The Morgan fingerprint density at radius 3 is 0.828 bits per heavy atom. The Hall–Kier alpha value is 0.291. The summed E-state index contributed by atoms with van der Waals surface area (Å²) in [4.78, 5) is 14.7. The van der Waals surface area contributed by atoms with Gasteiger partial charge in [0.1, 0.15) is 0 Å². The number of nitrogens with zero attached hydrogens (tertiary/aromatic N) is 1. The van der Waals surface area contributed by atoms with Crippen LogP contribution in [0.5, 0.6) is 0 Å². The Morgan fingerprint density at radius 2 is 0.638 bits per heavy atom. The molecule has 0 aliphatic carbocycles. The summed E-state index contributed by atoms with van der Waals surface area (Å²) in [5.41, 5.74) is 0. The lowest BCUT2D eigenvalue weighted by molar-refractivity contribution is -0.129. The fourth-order valence-corrected chi connectivity index (χ4v) is 24.7. The molecule has 0 aromatic carbocycles.